The Balaban J connectivity index is 1.64. The summed E-state index contributed by atoms with van der Waals surface area (Å²) >= 11 is 0. The van der Waals surface area contributed by atoms with Crippen molar-refractivity contribution >= 4 is 17.5 Å². The van der Waals surface area contributed by atoms with E-state index in [-0.39, 0.29) is 29.7 Å². The molecule has 0 aromatic heterocycles. The molecule has 0 radical (unpaired) electrons. The lowest BCUT2D eigenvalue weighted by Crippen LogP contribution is -2.54. The number of fused-ring (bicyclic) bond motifs is 6. The maximum atomic E-state index is 14.2. The molecular weight excluding hydrogens is 412 g/mol. The van der Waals surface area contributed by atoms with Gasteiger partial charge in [-0.05, 0) is 44.5 Å². The van der Waals surface area contributed by atoms with Crippen LogP contribution in [0, 0.1) is 19.8 Å². The predicted molar refractivity (Wildman–Crippen MR) is 126 cm³/mol. The highest BCUT2D eigenvalue weighted by molar-refractivity contribution is 6.12. The first kappa shape index (κ1) is 20.0. The van der Waals surface area contributed by atoms with Crippen LogP contribution in [0.15, 0.2) is 66.7 Å². The number of carbonyl (C=O) groups excluding carboxylic acids is 2. The standard InChI is InChI=1S/C28H26N2O3/c1-16-9-11-22-19(13-16)26(31)30-25-20-14-17(2)10-12-23(20)33-15-21(25)24(18-7-5-4-6-8-18)28(30,3)27(32)29-22/h4-14,21,24-25H,15H2,1-3H3,(H,29,32)/t21?,24?,25?,28-/m1/s1. The van der Waals surface area contributed by atoms with Crippen LogP contribution < -0.4 is 10.1 Å². The molecule has 3 aliphatic heterocycles. The number of nitrogens with zero attached hydrogens (tertiary/aromatic N) is 1. The lowest BCUT2D eigenvalue weighted by molar-refractivity contribution is -0.125. The van der Waals surface area contributed by atoms with Gasteiger partial charge in [0, 0.05) is 17.4 Å². The average molecular weight is 439 g/mol. The highest BCUT2D eigenvalue weighted by Crippen LogP contribution is 2.59. The number of anilines is 1. The quantitative estimate of drug-likeness (QED) is 0.581. The molecule has 2 amide bonds. The second kappa shape index (κ2) is 6.95. The van der Waals surface area contributed by atoms with Crippen LogP contribution >= 0.6 is 0 Å². The predicted octanol–water partition coefficient (Wildman–Crippen LogP) is 5.00. The van der Waals surface area contributed by atoms with Crippen molar-refractivity contribution in [3.8, 4) is 5.75 Å². The van der Waals surface area contributed by atoms with Gasteiger partial charge in [0.2, 0.25) is 0 Å². The van der Waals surface area contributed by atoms with Gasteiger partial charge in [-0.25, -0.2) is 0 Å². The van der Waals surface area contributed by atoms with Gasteiger partial charge in [0.05, 0.1) is 23.9 Å². The van der Waals surface area contributed by atoms with Crippen LogP contribution in [0.3, 0.4) is 0 Å². The minimum atomic E-state index is -1.07. The number of amides is 2. The fourth-order valence-corrected chi connectivity index (χ4v) is 6.15. The van der Waals surface area contributed by atoms with Gasteiger partial charge >= 0.3 is 0 Å². The molecule has 166 valence electrons. The first-order valence-corrected chi connectivity index (χ1v) is 11.4. The van der Waals surface area contributed by atoms with Crippen LogP contribution in [-0.4, -0.2) is 28.9 Å². The van der Waals surface area contributed by atoms with E-state index >= 15 is 0 Å². The lowest BCUT2D eigenvalue weighted by atomic mass is 9.73. The zero-order chi connectivity index (χ0) is 22.9. The van der Waals surface area contributed by atoms with Crippen LogP contribution in [-0.2, 0) is 4.79 Å². The Kier molecular flexibility index (Phi) is 4.22. The lowest BCUT2D eigenvalue weighted by Gasteiger charge is -2.38. The van der Waals surface area contributed by atoms with E-state index in [1.807, 2.05) is 74.2 Å². The molecule has 3 aromatic carbocycles. The Morgan fingerprint density at radius 1 is 0.970 bits per heavy atom. The van der Waals surface area contributed by atoms with Gasteiger partial charge < -0.3 is 15.0 Å². The zero-order valence-corrected chi connectivity index (χ0v) is 19.0. The summed E-state index contributed by atoms with van der Waals surface area (Å²) in [5.74, 6) is 0.262. The van der Waals surface area contributed by atoms with Gasteiger partial charge in [-0.3, -0.25) is 9.59 Å². The van der Waals surface area contributed by atoms with Crippen molar-refractivity contribution in [2.75, 3.05) is 11.9 Å². The molecule has 5 heteroatoms. The molecule has 1 fully saturated rings. The third kappa shape index (κ3) is 2.71. The minimum absolute atomic E-state index is 0.0484. The number of rotatable bonds is 1. The number of aryl methyl sites for hydroxylation is 2. The Hall–Kier alpha value is -3.60. The van der Waals surface area contributed by atoms with Crippen LogP contribution in [0.2, 0.25) is 0 Å². The molecule has 3 unspecified atom stereocenters. The molecule has 0 bridgehead atoms. The smallest absolute Gasteiger partial charge is 0.257 e. The average Bonchev–Trinajstić information content (AvgIpc) is 3.06. The van der Waals surface area contributed by atoms with Gasteiger partial charge in [0.15, 0.2) is 0 Å². The van der Waals surface area contributed by atoms with E-state index in [0.29, 0.717) is 17.9 Å². The molecular formula is C28H26N2O3. The van der Waals surface area contributed by atoms with Crippen LogP contribution in [0.5, 0.6) is 5.75 Å². The van der Waals surface area contributed by atoms with Gasteiger partial charge in [0.1, 0.15) is 11.3 Å². The second-order valence-corrected chi connectivity index (χ2v) is 9.68. The first-order valence-electron chi connectivity index (χ1n) is 11.4. The highest BCUT2D eigenvalue weighted by Gasteiger charge is 2.65. The summed E-state index contributed by atoms with van der Waals surface area (Å²) in [6, 6.07) is 21.6. The Morgan fingerprint density at radius 3 is 2.48 bits per heavy atom. The summed E-state index contributed by atoms with van der Waals surface area (Å²) in [6.07, 6.45) is 0. The van der Waals surface area contributed by atoms with E-state index in [1.54, 1.807) is 0 Å². The molecule has 6 rings (SSSR count). The summed E-state index contributed by atoms with van der Waals surface area (Å²) < 4.78 is 6.22. The molecule has 1 saturated heterocycles. The van der Waals surface area contributed by atoms with Crippen LogP contribution in [0.25, 0.3) is 0 Å². The maximum Gasteiger partial charge on any atom is 0.257 e. The third-order valence-electron chi connectivity index (χ3n) is 7.62. The van der Waals surface area contributed by atoms with Gasteiger partial charge in [-0.15, -0.1) is 0 Å². The third-order valence-corrected chi connectivity index (χ3v) is 7.62. The van der Waals surface area contributed by atoms with Crippen molar-refractivity contribution in [3.05, 3.63) is 94.5 Å². The number of ether oxygens (including phenoxy) is 1. The topological polar surface area (TPSA) is 58.6 Å². The fraction of sp³-hybridized carbons (Fsp3) is 0.286. The van der Waals surface area contributed by atoms with Crippen LogP contribution in [0.4, 0.5) is 5.69 Å². The maximum absolute atomic E-state index is 14.2. The molecule has 5 nitrogen and oxygen atoms in total. The zero-order valence-electron chi connectivity index (χ0n) is 19.0. The Labute approximate surface area is 193 Å². The monoisotopic (exact) mass is 438 g/mol. The molecule has 3 heterocycles. The number of hydrogen-bond donors (Lipinski definition) is 1. The Bertz CT molecular complexity index is 1300. The summed E-state index contributed by atoms with van der Waals surface area (Å²) in [7, 11) is 0. The SMILES string of the molecule is Cc1ccc2c(c1)C(=O)N1C3c4cc(C)ccc4OCC3C(c3ccccc3)[C@]1(C)C(=O)N2. The molecule has 0 aliphatic carbocycles. The molecule has 0 spiro atoms. The van der Waals surface area contributed by atoms with E-state index in [1.165, 1.54) is 0 Å². The van der Waals surface area contributed by atoms with E-state index in [9.17, 15) is 9.59 Å². The Morgan fingerprint density at radius 2 is 1.70 bits per heavy atom. The number of nitrogens with one attached hydrogen (secondary N) is 1. The number of benzene rings is 3. The second-order valence-electron chi connectivity index (χ2n) is 9.68. The van der Waals surface area contributed by atoms with E-state index in [2.05, 4.69) is 23.5 Å². The molecule has 4 atom stereocenters. The van der Waals surface area contributed by atoms with Crippen molar-refractivity contribution in [2.45, 2.75) is 38.3 Å². The summed E-state index contributed by atoms with van der Waals surface area (Å²) in [4.78, 5) is 30.1. The number of carbonyl (C=O) groups is 2. The minimum Gasteiger partial charge on any atom is -0.493 e. The van der Waals surface area contributed by atoms with Crippen molar-refractivity contribution < 1.29 is 14.3 Å². The van der Waals surface area contributed by atoms with Crippen molar-refractivity contribution in [3.63, 3.8) is 0 Å². The largest absolute Gasteiger partial charge is 0.493 e. The molecule has 33 heavy (non-hydrogen) atoms. The fourth-order valence-electron chi connectivity index (χ4n) is 6.15. The van der Waals surface area contributed by atoms with Gasteiger partial charge in [-0.2, -0.15) is 0 Å². The first-order chi connectivity index (χ1) is 15.9. The summed E-state index contributed by atoms with van der Waals surface area (Å²) in [5, 5.41) is 3.09. The van der Waals surface area contributed by atoms with Crippen molar-refractivity contribution in [2.24, 2.45) is 5.92 Å². The van der Waals surface area contributed by atoms with Gasteiger partial charge in [-0.1, -0.05) is 59.7 Å². The summed E-state index contributed by atoms with van der Waals surface area (Å²) in [5.41, 5.74) is 4.15. The van der Waals surface area contributed by atoms with E-state index in [4.69, 9.17) is 4.74 Å². The highest BCUT2D eigenvalue weighted by atomic mass is 16.5. The summed E-state index contributed by atoms with van der Waals surface area (Å²) in [6.45, 7) is 6.38. The van der Waals surface area contributed by atoms with E-state index < -0.39 is 5.54 Å². The van der Waals surface area contributed by atoms with Gasteiger partial charge in [0.25, 0.3) is 11.8 Å². The molecule has 0 saturated carbocycles. The molecule has 3 aromatic rings. The van der Waals surface area contributed by atoms with Crippen molar-refractivity contribution in [1.29, 1.82) is 0 Å². The molecule has 1 N–H and O–H groups in total. The number of hydrogen-bond acceptors (Lipinski definition) is 3. The van der Waals surface area contributed by atoms with Crippen LogP contribution in [0.1, 0.15) is 51.5 Å². The van der Waals surface area contributed by atoms with Crippen molar-refractivity contribution in [1.82, 2.24) is 4.90 Å². The molecule has 3 aliphatic rings. The van der Waals surface area contributed by atoms with E-state index in [0.717, 1.165) is 28.0 Å². The normalized spacial score (nSPS) is 27.5.